The van der Waals surface area contributed by atoms with Gasteiger partial charge in [-0.1, -0.05) is 6.42 Å². The number of aliphatic carboxylic acids is 1. The van der Waals surface area contributed by atoms with Crippen molar-refractivity contribution in [2.45, 2.75) is 57.6 Å². The van der Waals surface area contributed by atoms with E-state index < -0.39 is 5.97 Å². The van der Waals surface area contributed by atoms with Crippen molar-refractivity contribution in [3.05, 3.63) is 0 Å². The van der Waals surface area contributed by atoms with Crippen LogP contribution >= 0.6 is 0 Å². The van der Waals surface area contributed by atoms with Crippen LogP contribution < -0.4 is 5.32 Å². The van der Waals surface area contributed by atoms with Gasteiger partial charge in [0.2, 0.25) is 5.91 Å². The first-order valence-corrected chi connectivity index (χ1v) is 7.09. The van der Waals surface area contributed by atoms with Crippen molar-refractivity contribution in [3.63, 3.8) is 0 Å². The molecule has 4 atom stereocenters. The van der Waals surface area contributed by atoms with Crippen LogP contribution in [0.4, 0.5) is 0 Å². The van der Waals surface area contributed by atoms with Gasteiger partial charge >= 0.3 is 5.97 Å². The molecule has 2 N–H and O–H groups in total. The van der Waals surface area contributed by atoms with E-state index in [1.165, 1.54) is 0 Å². The zero-order chi connectivity index (χ0) is 14.0. The van der Waals surface area contributed by atoms with Gasteiger partial charge < -0.3 is 15.2 Å². The highest BCUT2D eigenvalue weighted by Crippen LogP contribution is 2.31. The Kier molecular flexibility index (Phi) is 4.13. The lowest BCUT2D eigenvalue weighted by Crippen LogP contribution is -2.53. The zero-order valence-electron chi connectivity index (χ0n) is 11.6. The summed E-state index contributed by atoms with van der Waals surface area (Å²) < 4.78 is 5.51. The van der Waals surface area contributed by atoms with Crippen LogP contribution in [0.2, 0.25) is 0 Å². The van der Waals surface area contributed by atoms with Gasteiger partial charge in [-0.2, -0.15) is 0 Å². The minimum Gasteiger partial charge on any atom is -0.481 e. The Morgan fingerprint density at radius 2 is 2.00 bits per heavy atom. The van der Waals surface area contributed by atoms with E-state index >= 15 is 0 Å². The molecule has 0 spiro atoms. The SMILES string of the molecule is CC1OCCC1(C)NC(=O)C1CCCC(C(=O)O)C1. The number of carboxylic acids is 1. The molecular weight excluding hydrogens is 246 g/mol. The zero-order valence-corrected chi connectivity index (χ0v) is 11.6. The molecule has 4 unspecified atom stereocenters. The number of ether oxygens (including phenoxy) is 1. The summed E-state index contributed by atoms with van der Waals surface area (Å²) in [5, 5.41) is 12.1. The highest BCUT2D eigenvalue weighted by Gasteiger charge is 2.40. The second-order valence-corrected chi connectivity index (χ2v) is 6.07. The molecule has 0 radical (unpaired) electrons. The van der Waals surface area contributed by atoms with Gasteiger partial charge in [0.1, 0.15) is 0 Å². The maximum absolute atomic E-state index is 12.3. The van der Waals surface area contributed by atoms with Crippen molar-refractivity contribution in [1.82, 2.24) is 5.32 Å². The van der Waals surface area contributed by atoms with Gasteiger partial charge in [0.25, 0.3) is 0 Å². The van der Waals surface area contributed by atoms with Crippen LogP contribution in [0.5, 0.6) is 0 Å². The van der Waals surface area contributed by atoms with Gasteiger partial charge in [-0.25, -0.2) is 0 Å². The monoisotopic (exact) mass is 269 g/mol. The summed E-state index contributed by atoms with van der Waals surface area (Å²) in [6, 6.07) is 0. The van der Waals surface area contributed by atoms with Crippen molar-refractivity contribution in [1.29, 1.82) is 0 Å². The third kappa shape index (κ3) is 3.08. The molecule has 0 aromatic rings. The van der Waals surface area contributed by atoms with Gasteiger partial charge in [-0.05, 0) is 39.5 Å². The topological polar surface area (TPSA) is 75.6 Å². The Labute approximate surface area is 113 Å². The van der Waals surface area contributed by atoms with Crippen LogP contribution in [0.25, 0.3) is 0 Å². The first-order chi connectivity index (χ1) is 8.92. The number of nitrogens with one attached hydrogen (secondary N) is 1. The van der Waals surface area contributed by atoms with Gasteiger partial charge in [0, 0.05) is 12.5 Å². The molecule has 0 bridgehead atoms. The number of rotatable bonds is 3. The Hall–Kier alpha value is -1.10. The van der Waals surface area contributed by atoms with E-state index in [9.17, 15) is 9.59 Å². The molecule has 0 aromatic heterocycles. The first kappa shape index (κ1) is 14.3. The fourth-order valence-corrected chi connectivity index (χ4v) is 3.03. The van der Waals surface area contributed by atoms with Crippen molar-refractivity contribution < 1.29 is 19.4 Å². The number of hydrogen-bond acceptors (Lipinski definition) is 3. The third-order valence-electron chi connectivity index (χ3n) is 4.69. The summed E-state index contributed by atoms with van der Waals surface area (Å²) in [5.74, 6) is -1.32. The molecule has 2 rings (SSSR count). The van der Waals surface area contributed by atoms with Crippen LogP contribution in [0.3, 0.4) is 0 Å². The molecule has 0 aromatic carbocycles. The summed E-state index contributed by atoms with van der Waals surface area (Å²) in [6.45, 7) is 4.63. The van der Waals surface area contributed by atoms with E-state index in [-0.39, 0.29) is 29.4 Å². The minimum atomic E-state index is -0.777. The molecule has 19 heavy (non-hydrogen) atoms. The third-order valence-corrected chi connectivity index (χ3v) is 4.69. The maximum atomic E-state index is 12.3. The lowest BCUT2D eigenvalue weighted by molar-refractivity contribution is -0.144. The standard InChI is InChI=1S/C14H23NO4/c1-9-14(2,6-7-19-9)15-12(16)10-4-3-5-11(8-10)13(17)18/h9-11H,3-8H2,1-2H3,(H,15,16)(H,17,18). The molecule has 2 fully saturated rings. The quantitative estimate of drug-likeness (QED) is 0.815. The normalized spacial score (nSPS) is 38.9. The second-order valence-electron chi connectivity index (χ2n) is 6.07. The van der Waals surface area contributed by atoms with E-state index in [0.29, 0.717) is 19.4 Å². The fraction of sp³-hybridized carbons (Fsp3) is 0.857. The summed E-state index contributed by atoms with van der Waals surface area (Å²) in [7, 11) is 0. The highest BCUT2D eigenvalue weighted by atomic mass is 16.5. The van der Waals surface area contributed by atoms with E-state index in [1.807, 2.05) is 13.8 Å². The average Bonchev–Trinajstić information content (AvgIpc) is 2.69. The van der Waals surface area contributed by atoms with E-state index in [4.69, 9.17) is 9.84 Å². The first-order valence-electron chi connectivity index (χ1n) is 7.09. The number of carbonyl (C=O) groups excluding carboxylic acids is 1. The Balaban J connectivity index is 1.94. The number of carbonyl (C=O) groups is 2. The molecule has 1 saturated heterocycles. The number of amides is 1. The van der Waals surface area contributed by atoms with Crippen LogP contribution in [0, 0.1) is 11.8 Å². The van der Waals surface area contributed by atoms with Crippen molar-refractivity contribution in [3.8, 4) is 0 Å². The molecular formula is C14H23NO4. The van der Waals surface area contributed by atoms with Crippen LogP contribution in [0.1, 0.15) is 46.0 Å². The molecule has 1 saturated carbocycles. The Morgan fingerprint density at radius 1 is 1.32 bits per heavy atom. The summed E-state index contributed by atoms with van der Waals surface area (Å²) in [5.41, 5.74) is -0.312. The Morgan fingerprint density at radius 3 is 2.58 bits per heavy atom. The predicted octanol–water partition coefficient (Wildman–Crippen LogP) is 1.56. The lowest BCUT2D eigenvalue weighted by atomic mass is 9.80. The maximum Gasteiger partial charge on any atom is 0.306 e. The van der Waals surface area contributed by atoms with Crippen molar-refractivity contribution in [2.75, 3.05) is 6.61 Å². The highest BCUT2D eigenvalue weighted by molar-refractivity contribution is 5.81. The van der Waals surface area contributed by atoms with Crippen LogP contribution in [0.15, 0.2) is 0 Å². The molecule has 2 aliphatic rings. The molecule has 5 nitrogen and oxygen atoms in total. The van der Waals surface area contributed by atoms with Gasteiger partial charge in [-0.3, -0.25) is 9.59 Å². The molecule has 1 aliphatic carbocycles. The van der Waals surface area contributed by atoms with Crippen LogP contribution in [-0.2, 0) is 14.3 Å². The van der Waals surface area contributed by atoms with Gasteiger partial charge in [0.05, 0.1) is 17.6 Å². The summed E-state index contributed by atoms with van der Waals surface area (Å²) in [4.78, 5) is 23.3. The number of hydrogen-bond donors (Lipinski definition) is 2. The van der Waals surface area contributed by atoms with Crippen molar-refractivity contribution in [2.24, 2.45) is 11.8 Å². The molecule has 1 heterocycles. The lowest BCUT2D eigenvalue weighted by Gasteiger charge is -2.33. The molecule has 108 valence electrons. The Bertz CT molecular complexity index is 370. The molecule has 1 aliphatic heterocycles. The minimum absolute atomic E-state index is 0.00852. The summed E-state index contributed by atoms with van der Waals surface area (Å²) in [6.07, 6.45) is 3.59. The fourth-order valence-electron chi connectivity index (χ4n) is 3.03. The van der Waals surface area contributed by atoms with Crippen LogP contribution in [-0.4, -0.2) is 35.2 Å². The number of carboxylic acid groups (broad SMARTS) is 1. The van der Waals surface area contributed by atoms with Gasteiger partial charge in [-0.15, -0.1) is 0 Å². The molecule has 5 heteroatoms. The average molecular weight is 269 g/mol. The summed E-state index contributed by atoms with van der Waals surface area (Å²) >= 11 is 0. The van der Waals surface area contributed by atoms with E-state index in [1.54, 1.807) is 0 Å². The largest absolute Gasteiger partial charge is 0.481 e. The van der Waals surface area contributed by atoms with Crippen molar-refractivity contribution >= 4 is 11.9 Å². The second kappa shape index (κ2) is 5.49. The molecule has 1 amide bonds. The predicted molar refractivity (Wildman–Crippen MR) is 69.7 cm³/mol. The van der Waals surface area contributed by atoms with E-state index in [2.05, 4.69) is 5.32 Å². The smallest absolute Gasteiger partial charge is 0.306 e. The van der Waals surface area contributed by atoms with Gasteiger partial charge in [0.15, 0.2) is 0 Å². The van der Waals surface area contributed by atoms with E-state index in [0.717, 1.165) is 19.3 Å².